The fourth-order valence-electron chi connectivity index (χ4n) is 7.24. The van der Waals surface area contributed by atoms with Gasteiger partial charge in [-0.2, -0.15) is 0 Å². The summed E-state index contributed by atoms with van der Waals surface area (Å²) < 4.78 is 33.5. The Labute approximate surface area is 388 Å². The summed E-state index contributed by atoms with van der Waals surface area (Å²) in [6.45, 7) is 3.52. The van der Waals surface area contributed by atoms with Gasteiger partial charge in [0.2, 0.25) is 0 Å². The van der Waals surface area contributed by atoms with Crippen molar-refractivity contribution in [1.82, 2.24) is 0 Å². The molecule has 370 valence electrons. The minimum Gasteiger partial charge on any atom is -0.457 e. The molecular formula is C53H99O9P. The van der Waals surface area contributed by atoms with Crippen molar-refractivity contribution < 1.29 is 43.0 Å². The van der Waals surface area contributed by atoms with Gasteiger partial charge in [0.1, 0.15) is 12.2 Å². The van der Waals surface area contributed by atoms with Gasteiger partial charge < -0.3 is 24.6 Å². The van der Waals surface area contributed by atoms with Crippen molar-refractivity contribution in [2.24, 2.45) is 0 Å². The van der Waals surface area contributed by atoms with Gasteiger partial charge in [0.15, 0.2) is 0 Å². The third-order valence-corrected chi connectivity index (χ3v) is 12.2. The Morgan fingerprint density at radius 2 is 0.857 bits per heavy atom. The van der Waals surface area contributed by atoms with E-state index in [1.807, 2.05) is 0 Å². The minimum atomic E-state index is -4.53. The zero-order valence-electron chi connectivity index (χ0n) is 40.8. The molecule has 0 aliphatic carbocycles. The molecular weight excluding hydrogens is 812 g/mol. The Morgan fingerprint density at radius 3 is 1.30 bits per heavy atom. The average Bonchev–Trinajstić information content (AvgIpc) is 3.28. The topological polar surface area (TPSA) is 132 Å². The van der Waals surface area contributed by atoms with Crippen molar-refractivity contribution in [2.45, 2.75) is 251 Å². The van der Waals surface area contributed by atoms with Crippen LogP contribution in [0.5, 0.6) is 0 Å². The molecule has 0 spiro atoms. The van der Waals surface area contributed by atoms with Crippen molar-refractivity contribution in [3.63, 3.8) is 0 Å². The van der Waals surface area contributed by atoms with Crippen LogP contribution in [0, 0.1) is 0 Å². The first-order valence-corrected chi connectivity index (χ1v) is 27.6. The highest BCUT2D eigenvalue weighted by atomic mass is 31.2. The van der Waals surface area contributed by atoms with Gasteiger partial charge in [-0.1, -0.05) is 204 Å². The number of phosphoric ester groups is 1. The van der Waals surface area contributed by atoms with Crippen LogP contribution in [0.2, 0.25) is 0 Å². The molecule has 0 aliphatic rings. The lowest BCUT2D eigenvalue weighted by atomic mass is 10.1. The predicted molar refractivity (Wildman–Crippen MR) is 265 cm³/mol. The number of rotatable bonds is 50. The van der Waals surface area contributed by atoms with E-state index < -0.39 is 33.2 Å². The van der Waals surface area contributed by atoms with E-state index in [1.54, 1.807) is 0 Å². The predicted octanol–water partition coefficient (Wildman–Crippen LogP) is 15.3. The Morgan fingerprint density at radius 1 is 0.492 bits per heavy atom. The molecule has 3 N–H and O–H groups in total. The first-order valence-electron chi connectivity index (χ1n) is 26.1. The SMILES string of the molecule is CCCCCCC/C=C\C/C=C\C/C=C\CCCCCCCCCCCOCC(COP(=O)(O)OCC(O)CO)OC(=O)CCCCCCCCC/C=C\CCCCCCCCC. The van der Waals surface area contributed by atoms with Crippen LogP contribution in [0.25, 0.3) is 0 Å². The van der Waals surface area contributed by atoms with Crippen LogP contribution >= 0.6 is 7.82 Å². The molecule has 0 aromatic heterocycles. The second-order valence-corrected chi connectivity index (χ2v) is 19.0. The lowest BCUT2D eigenvalue weighted by Crippen LogP contribution is -2.29. The van der Waals surface area contributed by atoms with Crippen molar-refractivity contribution in [2.75, 3.05) is 33.0 Å². The van der Waals surface area contributed by atoms with Crippen LogP contribution in [-0.2, 0) is 27.9 Å². The van der Waals surface area contributed by atoms with E-state index in [2.05, 4.69) is 62.5 Å². The number of ether oxygens (including phenoxy) is 2. The normalized spacial score (nSPS) is 14.2. The first-order chi connectivity index (χ1) is 30.8. The molecule has 0 heterocycles. The number of hydrogen-bond donors (Lipinski definition) is 3. The summed E-state index contributed by atoms with van der Waals surface area (Å²) >= 11 is 0. The number of aliphatic hydroxyl groups is 2. The van der Waals surface area contributed by atoms with Gasteiger partial charge in [-0.25, -0.2) is 4.57 Å². The third-order valence-electron chi connectivity index (χ3n) is 11.2. The van der Waals surface area contributed by atoms with Crippen molar-refractivity contribution in [3.05, 3.63) is 48.6 Å². The van der Waals surface area contributed by atoms with Gasteiger partial charge in [0, 0.05) is 13.0 Å². The van der Waals surface area contributed by atoms with E-state index in [0.29, 0.717) is 6.61 Å². The number of hydrogen-bond acceptors (Lipinski definition) is 8. The van der Waals surface area contributed by atoms with Gasteiger partial charge in [-0.15, -0.1) is 0 Å². The van der Waals surface area contributed by atoms with Crippen LogP contribution in [-0.4, -0.2) is 66.3 Å². The maximum Gasteiger partial charge on any atom is 0.472 e. The quantitative estimate of drug-likeness (QED) is 0.0236. The van der Waals surface area contributed by atoms with E-state index >= 15 is 0 Å². The first kappa shape index (κ1) is 61.4. The average molecular weight is 911 g/mol. The van der Waals surface area contributed by atoms with Crippen LogP contribution in [0.15, 0.2) is 48.6 Å². The molecule has 0 bridgehead atoms. The summed E-state index contributed by atoms with van der Waals surface area (Å²) in [4.78, 5) is 22.7. The lowest BCUT2D eigenvalue weighted by Gasteiger charge is -2.20. The monoisotopic (exact) mass is 911 g/mol. The zero-order chi connectivity index (χ0) is 46.0. The molecule has 63 heavy (non-hydrogen) atoms. The summed E-state index contributed by atoms with van der Waals surface area (Å²) in [7, 11) is -4.53. The summed E-state index contributed by atoms with van der Waals surface area (Å²) in [6, 6.07) is 0. The van der Waals surface area contributed by atoms with Gasteiger partial charge in [0.05, 0.1) is 26.4 Å². The van der Waals surface area contributed by atoms with Crippen LogP contribution in [0.1, 0.15) is 239 Å². The highest BCUT2D eigenvalue weighted by Gasteiger charge is 2.26. The molecule has 0 rings (SSSR count). The van der Waals surface area contributed by atoms with Gasteiger partial charge in [-0.05, 0) is 77.0 Å². The molecule has 0 saturated carbocycles. The number of carbonyl (C=O) groups is 1. The summed E-state index contributed by atoms with van der Waals surface area (Å²) in [5, 5.41) is 18.4. The summed E-state index contributed by atoms with van der Waals surface area (Å²) in [5.41, 5.74) is 0. The molecule has 0 amide bonds. The van der Waals surface area contributed by atoms with E-state index in [-0.39, 0.29) is 25.6 Å². The van der Waals surface area contributed by atoms with Crippen molar-refractivity contribution in [3.8, 4) is 0 Å². The largest absolute Gasteiger partial charge is 0.472 e. The number of carbonyl (C=O) groups excluding carboxylic acids is 1. The number of esters is 1. The highest BCUT2D eigenvalue weighted by Crippen LogP contribution is 2.43. The van der Waals surface area contributed by atoms with E-state index in [0.717, 1.165) is 70.6 Å². The Bertz CT molecular complexity index is 1120. The molecule has 0 fully saturated rings. The van der Waals surface area contributed by atoms with Crippen molar-refractivity contribution in [1.29, 1.82) is 0 Å². The van der Waals surface area contributed by atoms with Crippen LogP contribution in [0.4, 0.5) is 0 Å². The Hall–Kier alpha value is -1.58. The molecule has 3 atom stereocenters. The smallest absolute Gasteiger partial charge is 0.457 e. The fraction of sp³-hybridized carbons (Fsp3) is 0.830. The molecule has 9 nitrogen and oxygen atoms in total. The highest BCUT2D eigenvalue weighted by molar-refractivity contribution is 7.47. The lowest BCUT2D eigenvalue weighted by molar-refractivity contribution is -0.154. The van der Waals surface area contributed by atoms with Gasteiger partial charge in [0.25, 0.3) is 0 Å². The second-order valence-electron chi connectivity index (χ2n) is 17.5. The molecule has 0 aromatic rings. The van der Waals surface area contributed by atoms with E-state index in [4.69, 9.17) is 23.6 Å². The number of phosphoric acid groups is 1. The molecule has 0 aliphatic heterocycles. The fourth-order valence-corrected chi connectivity index (χ4v) is 8.03. The number of aliphatic hydroxyl groups excluding tert-OH is 2. The Balaban J connectivity index is 4.08. The van der Waals surface area contributed by atoms with Gasteiger partial charge in [-0.3, -0.25) is 13.8 Å². The third kappa shape index (κ3) is 49.7. The standard InChI is InChI=1S/C53H99O9P/c1-3-5-7-9-11-13-15-17-19-21-23-24-25-26-27-28-30-32-34-36-38-40-42-44-46-59-49-52(50-61-63(57,58)60-48-51(55)47-54)62-53(56)45-43-41-39-37-35-33-31-29-22-20-18-16-14-12-10-8-6-4-2/h15,17,20-23,25-26,51-52,54-55H,3-14,16,18-19,24,27-50H2,1-2H3,(H,57,58)/b17-15-,22-20-,23-21-,26-25-. The Kier molecular flexibility index (Phi) is 48.6. The number of allylic oxidation sites excluding steroid dienone is 8. The van der Waals surface area contributed by atoms with E-state index in [1.165, 1.54) is 148 Å². The number of unbranched alkanes of at least 4 members (excludes halogenated alkanes) is 28. The van der Waals surface area contributed by atoms with Crippen LogP contribution < -0.4 is 0 Å². The zero-order valence-corrected chi connectivity index (χ0v) is 41.7. The molecule has 0 saturated heterocycles. The summed E-state index contributed by atoms with van der Waals surface area (Å²) in [6.07, 6.45) is 57.9. The minimum absolute atomic E-state index is 0.0438. The van der Waals surface area contributed by atoms with E-state index in [9.17, 15) is 19.4 Å². The second kappa shape index (κ2) is 49.8. The summed E-state index contributed by atoms with van der Waals surface area (Å²) in [5.74, 6) is -0.387. The molecule has 10 heteroatoms. The molecule has 0 radical (unpaired) electrons. The van der Waals surface area contributed by atoms with Crippen LogP contribution in [0.3, 0.4) is 0 Å². The maximum atomic E-state index is 12.7. The molecule has 0 aromatic carbocycles. The molecule has 3 unspecified atom stereocenters. The van der Waals surface area contributed by atoms with Gasteiger partial charge >= 0.3 is 13.8 Å². The maximum absolute atomic E-state index is 12.7. The van der Waals surface area contributed by atoms with Crippen molar-refractivity contribution >= 4 is 13.8 Å².